The molecule has 2 heterocycles. The second-order valence-corrected chi connectivity index (χ2v) is 4.29. The van der Waals surface area contributed by atoms with E-state index in [2.05, 4.69) is 10.4 Å². The van der Waals surface area contributed by atoms with E-state index in [0.29, 0.717) is 12.3 Å². The highest BCUT2D eigenvalue weighted by atomic mass is 16.1. The van der Waals surface area contributed by atoms with Crippen LogP contribution in [0.1, 0.15) is 28.9 Å². The molecule has 0 radical (unpaired) electrons. The number of nitrogens with one attached hydrogen (secondary N) is 1. The van der Waals surface area contributed by atoms with Gasteiger partial charge in [-0.2, -0.15) is 5.10 Å². The molecule has 0 spiro atoms. The molecule has 1 aromatic rings. The van der Waals surface area contributed by atoms with Crippen molar-refractivity contribution < 1.29 is 4.79 Å². The van der Waals surface area contributed by atoms with Crippen LogP contribution in [0.15, 0.2) is 6.20 Å². The summed E-state index contributed by atoms with van der Waals surface area (Å²) in [6.07, 6.45) is 3.59. The largest absolute Gasteiger partial charge is 0.316 e. The molecule has 0 bridgehead atoms. The molecule has 0 aliphatic carbocycles. The van der Waals surface area contributed by atoms with Gasteiger partial charge in [0.05, 0.1) is 11.3 Å². The maximum absolute atomic E-state index is 12.0. The van der Waals surface area contributed by atoms with E-state index in [-0.39, 0.29) is 5.78 Å². The van der Waals surface area contributed by atoms with Crippen molar-refractivity contribution in [1.29, 1.82) is 0 Å². The molecule has 1 aromatic heterocycles. The molecule has 1 aliphatic rings. The molecule has 2 rings (SSSR count). The van der Waals surface area contributed by atoms with Crippen molar-refractivity contribution in [3.8, 4) is 0 Å². The molecule has 0 amide bonds. The fourth-order valence-electron chi connectivity index (χ4n) is 2.13. The Kier molecular flexibility index (Phi) is 2.86. The van der Waals surface area contributed by atoms with E-state index in [4.69, 9.17) is 0 Å². The Hall–Kier alpha value is -1.16. The molecular weight excluding hydrogens is 190 g/mol. The number of Topliss-reactive ketones (excluding diaryl/α,β-unsaturated/α-hetero) is 1. The maximum atomic E-state index is 12.0. The number of hydrogen-bond acceptors (Lipinski definition) is 3. The monoisotopic (exact) mass is 207 g/mol. The van der Waals surface area contributed by atoms with E-state index < -0.39 is 0 Å². The number of nitrogens with zero attached hydrogens (tertiary/aromatic N) is 2. The van der Waals surface area contributed by atoms with Crippen molar-refractivity contribution in [2.24, 2.45) is 13.0 Å². The van der Waals surface area contributed by atoms with Crippen LogP contribution in [0.3, 0.4) is 0 Å². The summed E-state index contributed by atoms with van der Waals surface area (Å²) >= 11 is 0. The Morgan fingerprint density at radius 1 is 1.73 bits per heavy atom. The van der Waals surface area contributed by atoms with Gasteiger partial charge in [-0.05, 0) is 32.4 Å². The highest BCUT2D eigenvalue weighted by Gasteiger charge is 2.20. The number of carbonyl (C=O) groups excluding carboxylic acids is 1. The summed E-state index contributed by atoms with van der Waals surface area (Å²) in [6.45, 7) is 3.91. The van der Waals surface area contributed by atoms with Crippen LogP contribution >= 0.6 is 0 Å². The first-order valence-corrected chi connectivity index (χ1v) is 5.41. The van der Waals surface area contributed by atoms with Crippen LogP contribution in [0, 0.1) is 12.8 Å². The molecule has 4 nitrogen and oxygen atoms in total. The lowest BCUT2D eigenvalue weighted by atomic mass is 9.98. The van der Waals surface area contributed by atoms with E-state index >= 15 is 0 Å². The minimum atomic E-state index is 0.231. The zero-order valence-electron chi connectivity index (χ0n) is 9.29. The van der Waals surface area contributed by atoms with Crippen molar-refractivity contribution in [2.45, 2.75) is 19.8 Å². The molecule has 15 heavy (non-hydrogen) atoms. The first-order valence-electron chi connectivity index (χ1n) is 5.41. The first-order chi connectivity index (χ1) is 7.16. The summed E-state index contributed by atoms with van der Waals surface area (Å²) in [6, 6.07) is 0. The number of aryl methyl sites for hydroxylation is 2. The van der Waals surface area contributed by atoms with E-state index in [9.17, 15) is 4.79 Å². The van der Waals surface area contributed by atoms with Gasteiger partial charge in [-0.1, -0.05) is 0 Å². The van der Waals surface area contributed by atoms with Gasteiger partial charge in [0.1, 0.15) is 0 Å². The lowest BCUT2D eigenvalue weighted by molar-refractivity contribution is 0.0964. The minimum absolute atomic E-state index is 0.231. The summed E-state index contributed by atoms with van der Waals surface area (Å²) in [7, 11) is 1.85. The average molecular weight is 207 g/mol. The van der Waals surface area contributed by atoms with Crippen molar-refractivity contribution in [3.63, 3.8) is 0 Å². The number of carbonyl (C=O) groups is 1. The van der Waals surface area contributed by atoms with E-state index in [1.807, 2.05) is 20.2 Å². The predicted molar refractivity (Wildman–Crippen MR) is 57.9 cm³/mol. The van der Waals surface area contributed by atoms with Crippen LogP contribution in [0.2, 0.25) is 0 Å². The van der Waals surface area contributed by atoms with Gasteiger partial charge in [-0.25, -0.2) is 0 Å². The van der Waals surface area contributed by atoms with Crippen LogP contribution < -0.4 is 5.32 Å². The lowest BCUT2D eigenvalue weighted by Gasteiger charge is -2.05. The zero-order chi connectivity index (χ0) is 10.8. The third kappa shape index (κ3) is 2.26. The summed E-state index contributed by atoms with van der Waals surface area (Å²) in [5, 5.41) is 7.46. The SMILES string of the molecule is Cc1nn(C)cc1C(=O)CC1CCNC1. The summed E-state index contributed by atoms with van der Waals surface area (Å²) in [4.78, 5) is 12.0. The number of hydrogen-bond donors (Lipinski definition) is 1. The third-order valence-corrected chi connectivity index (χ3v) is 2.95. The van der Waals surface area contributed by atoms with Gasteiger partial charge < -0.3 is 5.32 Å². The number of ketones is 1. The van der Waals surface area contributed by atoms with Gasteiger partial charge in [0, 0.05) is 19.7 Å². The maximum Gasteiger partial charge on any atom is 0.166 e. The second-order valence-electron chi connectivity index (χ2n) is 4.29. The van der Waals surface area contributed by atoms with Gasteiger partial charge in [0.2, 0.25) is 0 Å². The quantitative estimate of drug-likeness (QED) is 0.749. The van der Waals surface area contributed by atoms with Gasteiger partial charge in [0.25, 0.3) is 0 Å². The molecule has 1 saturated heterocycles. The lowest BCUT2D eigenvalue weighted by Crippen LogP contribution is -2.13. The summed E-state index contributed by atoms with van der Waals surface area (Å²) in [5.74, 6) is 0.742. The average Bonchev–Trinajstić information content (AvgIpc) is 2.75. The van der Waals surface area contributed by atoms with Crippen molar-refractivity contribution in [2.75, 3.05) is 13.1 Å². The predicted octanol–water partition coefficient (Wildman–Crippen LogP) is 0.911. The molecule has 82 valence electrons. The van der Waals surface area contributed by atoms with Gasteiger partial charge >= 0.3 is 0 Å². The van der Waals surface area contributed by atoms with Crippen LogP contribution in [-0.2, 0) is 7.05 Å². The molecule has 1 aliphatic heterocycles. The van der Waals surface area contributed by atoms with Crippen LogP contribution in [0.4, 0.5) is 0 Å². The first kappa shape index (κ1) is 10.4. The van der Waals surface area contributed by atoms with Gasteiger partial charge in [-0.3, -0.25) is 9.48 Å². The molecule has 0 aromatic carbocycles. The fourth-order valence-corrected chi connectivity index (χ4v) is 2.13. The molecular formula is C11H17N3O. The third-order valence-electron chi connectivity index (χ3n) is 2.95. The topological polar surface area (TPSA) is 46.9 Å². The van der Waals surface area contributed by atoms with E-state index in [0.717, 1.165) is 30.8 Å². The Labute approximate surface area is 89.7 Å². The van der Waals surface area contributed by atoms with Gasteiger partial charge in [0.15, 0.2) is 5.78 Å². The fraction of sp³-hybridized carbons (Fsp3) is 0.636. The van der Waals surface area contributed by atoms with Crippen LogP contribution in [-0.4, -0.2) is 28.7 Å². The summed E-state index contributed by atoms with van der Waals surface area (Å²) in [5.41, 5.74) is 1.62. The van der Waals surface area contributed by atoms with E-state index in [1.165, 1.54) is 0 Å². The Balaban J connectivity index is 2.03. The number of rotatable bonds is 3. The highest BCUT2D eigenvalue weighted by molar-refractivity contribution is 5.97. The smallest absolute Gasteiger partial charge is 0.166 e. The molecule has 1 N–H and O–H groups in total. The molecule has 1 atom stereocenters. The zero-order valence-corrected chi connectivity index (χ0v) is 9.29. The molecule has 4 heteroatoms. The number of aromatic nitrogens is 2. The Morgan fingerprint density at radius 3 is 3.07 bits per heavy atom. The minimum Gasteiger partial charge on any atom is -0.316 e. The summed E-state index contributed by atoms with van der Waals surface area (Å²) < 4.78 is 1.70. The van der Waals surface area contributed by atoms with Crippen LogP contribution in [0.5, 0.6) is 0 Å². The normalized spacial score (nSPS) is 20.8. The standard InChI is InChI=1S/C11H17N3O/c1-8-10(7-14(2)13-8)11(15)5-9-3-4-12-6-9/h7,9,12H,3-6H2,1-2H3. The molecule has 0 saturated carbocycles. The van der Waals surface area contributed by atoms with Gasteiger partial charge in [-0.15, -0.1) is 0 Å². The Morgan fingerprint density at radius 2 is 2.53 bits per heavy atom. The van der Waals surface area contributed by atoms with Crippen molar-refractivity contribution >= 4 is 5.78 Å². The molecule has 1 fully saturated rings. The van der Waals surface area contributed by atoms with Crippen LogP contribution in [0.25, 0.3) is 0 Å². The highest BCUT2D eigenvalue weighted by Crippen LogP contribution is 2.17. The molecule has 1 unspecified atom stereocenters. The second kappa shape index (κ2) is 4.14. The van der Waals surface area contributed by atoms with E-state index in [1.54, 1.807) is 4.68 Å². The van der Waals surface area contributed by atoms with Crippen molar-refractivity contribution in [3.05, 3.63) is 17.5 Å². The van der Waals surface area contributed by atoms with Crippen molar-refractivity contribution in [1.82, 2.24) is 15.1 Å². The Bertz CT molecular complexity index is 364.